The third kappa shape index (κ3) is 2.47. The summed E-state index contributed by atoms with van der Waals surface area (Å²) in [7, 11) is 0. The molecular weight excluding hydrogens is 246 g/mol. The Balaban J connectivity index is 2.48. The summed E-state index contributed by atoms with van der Waals surface area (Å²) in [5.74, 6) is 0.510. The van der Waals surface area contributed by atoms with Crippen LogP contribution in [0.1, 0.15) is 57.9 Å². The maximum absolute atomic E-state index is 11.5. The fourth-order valence-corrected chi connectivity index (χ4v) is 3.86. The average Bonchev–Trinajstić information content (AvgIpc) is 2.48. The van der Waals surface area contributed by atoms with E-state index in [9.17, 15) is 10.4 Å². The van der Waals surface area contributed by atoms with Crippen LogP contribution in [-0.4, -0.2) is 5.11 Å². The quantitative estimate of drug-likeness (QED) is 0.882. The molecule has 1 fully saturated rings. The van der Waals surface area contributed by atoms with Gasteiger partial charge < -0.3 is 5.11 Å². The van der Waals surface area contributed by atoms with E-state index < -0.39 is 11.0 Å². The average molecular weight is 271 g/mol. The van der Waals surface area contributed by atoms with Gasteiger partial charge in [-0.15, -0.1) is 0 Å². The van der Waals surface area contributed by atoms with Crippen molar-refractivity contribution in [1.29, 1.82) is 5.26 Å². The van der Waals surface area contributed by atoms with Crippen LogP contribution in [0.4, 0.5) is 0 Å². The van der Waals surface area contributed by atoms with Gasteiger partial charge in [-0.05, 0) is 30.7 Å². The summed E-state index contributed by atoms with van der Waals surface area (Å²) in [6, 6.07) is 12.3. The number of nitrogens with zero attached hydrogens (tertiary/aromatic N) is 1. The molecule has 0 aromatic heterocycles. The summed E-state index contributed by atoms with van der Waals surface area (Å²) in [5.41, 5.74) is -0.758. The van der Waals surface area contributed by atoms with E-state index in [2.05, 4.69) is 19.9 Å². The van der Waals surface area contributed by atoms with Crippen LogP contribution in [0.15, 0.2) is 30.3 Å². The molecule has 2 rings (SSSR count). The molecule has 0 radical (unpaired) electrons. The molecule has 1 aromatic rings. The van der Waals surface area contributed by atoms with Gasteiger partial charge in [-0.3, -0.25) is 0 Å². The summed E-state index contributed by atoms with van der Waals surface area (Å²) >= 11 is 0. The molecule has 2 heteroatoms. The van der Waals surface area contributed by atoms with E-state index in [1.807, 2.05) is 30.3 Å². The molecule has 1 saturated carbocycles. The maximum atomic E-state index is 11.5. The summed E-state index contributed by atoms with van der Waals surface area (Å²) in [6.45, 7) is 4.27. The normalized spacial score (nSPS) is 29.4. The van der Waals surface area contributed by atoms with E-state index in [0.717, 1.165) is 31.2 Å². The standard InChI is InChI=1S/C18H25NO/c1-3-11-18(20,16-9-5-4-6-10-16)17(14-19)12-7-8-15(2)13-17/h4-6,9-10,15,20H,3,7-8,11-13H2,1-2H3. The second kappa shape index (κ2) is 5.97. The van der Waals surface area contributed by atoms with Crippen LogP contribution in [0.3, 0.4) is 0 Å². The van der Waals surface area contributed by atoms with Gasteiger partial charge in [0.05, 0.1) is 11.5 Å². The highest BCUT2D eigenvalue weighted by Crippen LogP contribution is 2.53. The fourth-order valence-electron chi connectivity index (χ4n) is 3.86. The first-order chi connectivity index (χ1) is 9.58. The van der Waals surface area contributed by atoms with Gasteiger partial charge in [0.15, 0.2) is 0 Å². The minimum Gasteiger partial charge on any atom is -0.383 e. The predicted molar refractivity (Wildman–Crippen MR) is 80.9 cm³/mol. The van der Waals surface area contributed by atoms with Crippen molar-refractivity contribution >= 4 is 0 Å². The van der Waals surface area contributed by atoms with E-state index in [1.54, 1.807) is 0 Å². The van der Waals surface area contributed by atoms with Crippen molar-refractivity contribution in [1.82, 2.24) is 0 Å². The number of aliphatic hydroxyl groups is 1. The molecule has 0 aliphatic heterocycles. The lowest BCUT2D eigenvalue weighted by molar-refractivity contribution is -0.0936. The zero-order valence-electron chi connectivity index (χ0n) is 12.6. The number of rotatable bonds is 4. The first-order valence-electron chi connectivity index (χ1n) is 7.77. The van der Waals surface area contributed by atoms with E-state index in [4.69, 9.17) is 0 Å². The zero-order chi connectivity index (χ0) is 14.6. The molecule has 1 N–H and O–H groups in total. The molecule has 3 atom stereocenters. The smallest absolute Gasteiger partial charge is 0.108 e. The maximum Gasteiger partial charge on any atom is 0.108 e. The van der Waals surface area contributed by atoms with Crippen molar-refractivity contribution in [2.75, 3.05) is 0 Å². The van der Waals surface area contributed by atoms with E-state index >= 15 is 0 Å². The van der Waals surface area contributed by atoms with Gasteiger partial charge in [0.2, 0.25) is 0 Å². The van der Waals surface area contributed by atoms with E-state index in [1.165, 1.54) is 6.42 Å². The van der Waals surface area contributed by atoms with Gasteiger partial charge in [0.25, 0.3) is 0 Å². The molecule has 0 heterocycles. The molecule has 1 aliphatic rings. The fraction of sp³-hybridized carbons (Fsp3) is 0.611. The Morgan fingerprint density at radius 3 is 2.65 bits per heavy atom. The molecule has 3 unspecified atom stereocenters. The monoisotopic (exact) mass is 271 g/mol. The third-order valence-corrected chi connectivity index (χ3v) is 4.87. The molecule has 0 spiro atoms. The molecule has 1 aromatic carbocycles. The summed E-state index contributed by atoms with van der Waals surface area (Å²) in [4.78, 5) is 0. The minimum atomic E-state index is -1.02. The Hall–Kier alpha value is -1.33. The van der Waals surface area contributed by atoms with Crippen LogP contribution in [0, 0.1) is 22.7 Å². The number of hydrogen-bond acceptors (Lipinski definition) is 2. The van der Waals surface area contributed by atoms with Gasteiger partial charge in [-0.1, -0.05) is 63.4 Å². The van der Waals surface area contributed by atoms with Crippen molar-refractivity contribution in [3.8, 4) is 6.07 Å². The summed E-state index contributed by atoms with van der Waals surface area (Å²) in [5, 5.41) is 21.3. The lowest BCUT2D eigenvalue weighted by Gasteiger charge is -2.47. The van der Waals surface area contributed by atoms with Crippen molar-refractivity contribution < 1.29 is 5.11 Å². The Morgan fingerprint density at radius 2 is 2.10 bits per heavy atom. The second-order valence-corrected chi connectivity index (χ2v) is 6.37. The van der Waals surface area contributed by atoms with Crippen LogP contribution in [0.25, 0.3) is 0 Å². The Kier molecular flexibility index (Phi) is 4.50. The van der Waals surface area contributed by atoms with Crippen LogP contribution < -0.4 is 0 Å². The van der Waals surface area contributed by atoms with Gasteiger partial charge in [0.1, 0.15) is 5.60 Å². The first-order valence-corrected chi connectivity index (χ1v) is 7.77. The van der Waals surface area contributed by atoms with Gasteiger partial charge >= 0.3 is 0 Å². The second-order valence-electron chi connectivity index (χ2n) is 6.37. The number of hydrogen-bond donors (Lipinski definition) is 1. The van der Waals surface area contributed by atoms with Gasteiger partial charge in [-0.25, -0.2) is 0 Å². The Bertz CT molecular complexity index is 478. The number of nitriles is 1. The van der Waals surface area contributed by atoms with Crippen LogP contribution in [-0.2, 0) is 5.60 Å². The van der Waals surface area contributed by atoms with Gasteiger partial charge in [-0.2, -0.15) is 5.26 Å². The summed E-state index contributed by atoms with van der Waals surface area (Å²) in [6.07, 6.45) is 5.34. The first kappa shape index (κ1) is 15.1. The van der Waals surface area contributed by atoms with Crippen LogP contribution in [0.5, 0.6) is 0 Å². The lowest BCUT2D eigenvalue weighted by atomic mass is 9.58. The lowest BCUT2D eigenvalue weighted by Crippen LogP contribution is -2.47. The molecule has 0 saturated heterocycles. The molecule has 0 amide bonds. The molecule has 1 aliphatic carbocycles. The largest absolute Gasteiger partial charge is 0.383 e. The van der Waals surface area contributed by atoms with Gasteiger partial charge in [0, 0.05) is 0 Å². The van der Waals surface area contributed by atoms with E-state index in [0.29, 0.717) is 12.3 Å². The molecule has 0 bridgehead atoms. The van der Waals surface area contributed by atoms with Crippen molar-refractivity contribution in [3.05, 3.63) is 35.9 Å². The summed E-state index contributed by atoms with van der Waals surface area (Å²) < 4.78 is 0. The van der Waals surface area contributed by atoms with Crippen molar-refractivity contribution in [2.45, 2.75) is 58.0 Å². The predicted octanol–water partition coefficient (Wildman–Crippen LogP) is 4.39. The highest BCUT2D eigenvalue weighted by Gasteiger charge is 2.52. The molecule has 108 valence electrons. The van der Waals surface area contributed by atoms with Crippen LogP contribution in [0.2, 0.25) is 0 Å². The van der Waals surface area contributed by atoms with E-state index in [-0.39, 0.29) is 0 Å². The highest BCUT2D eigenvalue weighted by molar-refractivity contribution is 5.29. The minimum absolute atomic E-state index is 0.510. The molecule has 2 nitrogen and oxygen atoms in total. The topological polar surface area (TPSA) is 44.0 Å². The molecule has 20 heavy (non-hydrogen) atoms. The van der Waals surface area contributed by atoms with Crippen molar-refractivity contribution in [3.63, 3.8) is 0 Å². The molecular formula is C18H25NO. The zero-order valence-corrected chi connectivity index (χ0v) is 12.6. The Labute approximate surface area is 122 Å². The third-order valence-electron chi connectivity index (χ3n) is 4.87. The highest BCUT2D eigenvalue weighted by atomic mass is 16.3. The number of benzene rings is 1. The SMILES string of the molecule is CCCC(O)(c1ccccc1)C1(C#N)CCCC(C)C1. The van der Waals surface area contributed by atoms with Crippen molar-refractivity contribution in [2.24, 2.45) is 11.3 Å². The Morgan fingerprint density at radius 1 is 1.40 bits per heavy atom. The van der Waals surface area contributed by atoms with Crippen LogP contribution >= 0.6 is 0 Å².